The van der Waals surface area contributed by atoms with E-state index in [9.17, 15) is 0 Å². The lowest BCUT2D eigenvalue weighted by molar-refractivity contribution is 0.358. The lowest BCUT2D eigenvalue weighted by Crippen LogP contribution is -1.98. The number of rotatable bonds is 4. The molecule has 0 atom stereocenters. The minimum atomic E-state index is 0.516. The predicted molar refractivity (Wildman–Crippen MR) is 81.6 cm³/mol. The van der Waals surface area contributed by atoms with Gasteiger partial charge in [-0.05, 0) is 48.7 Å². The second-order valence-electron chi connectivity index (χ2n) is 4.68. The standard InChI is InChI=1S/C18H17NO/c1-14-11-17(13-19)12-15(2)18(14)20-10-6-9-16-7-4-3-5-8-16/h3-9,11-12H,10H2,1-2H3. The summed E-state index contributed by atoms with van der Waals surface area (Å²) in [7, 11) is 0. The Labute approximate surface area is 119 Å². The van der Waals surface area contributed by atoms with Crippen LogP contribution in [0.5, 0.6) is 5.75 Å². The second-order valence-corrected chi connectivity index (χ2v) is 4.68. The highest BCUT2D eigenvalue weighted by atomic mass is 16.5. The zero-order chi connectivity index (χ0) is 14.4. The van der Waals surface area contributed by atoms with Crippen molar-refractivity contribution in [3.8, 4) is 11.8 Å². The normalized spacial score (nSPS) is 10.4. The molecular weight excluding hydrogens is 246 g/mol. The van der Waals surface area contributed by atoms with Gasteiger partial charge in [-0.25, -0.2) is 0 Å². The summed E-state index contributed by atoms with van der Waals surface area (Å²) in [6.07, 6.45) is 4.03. The highest BCUT2D eigenvalue weighted by Gasteiger charge is 2.05. The molecule has 2 aromatic rings. The topological polar surface area (TPSA) is 33.0 Å². The Bertz CT molecular complexity index is 628. The van der Waals surface area contributed by atoms with E-state index in [0.29, 0.717) is 12.2 Å². The zero-order valence-corrected chi connectivity index (χ0v) is 11.8. The lowest BCUT2D eigenvalue weighted by Gasteiger charge is -2.10. The molecule has 0 aliphatic carbocycles. The molecule has 0 radical (unpaired) electrons. The van der Waals surface area contributed by atoms with Crippen molar-refractivity contribution in [2.75, 3.05) is 6.61 Å². The van der Waals surface area contributed by atoms with Gasteiger partial charge in [0.05, 0.1) is 11.6 Å². The van der Waals surface area contributed by atoms with E-state index in [1.54, 1.807) is 0 Å². The Balaban J connectivity index is 2.02. The quantitative estimate of drug-likeness (QED) is 0.825. The molecule has 0 saturated carbocycles. The van der Waals surface area contributed by atoms with Crippen molar-refractivity contribution in [1.82, 2.24) is 0 Å². The first kappa shape index (κ1) is 13.9. The average Bonchev–Trinajstić information content (AvgIpc) is 2.46. The van der Waals surface area contributed by atoms with Crippen LogP contribution in [0, 0.1) is 25.2 Å². The van der Waals surface area contributed by atoms with Gasteiger partial charge in [0.2, 0.25) is 0 Å². The Hall–Kier alpha value is -2.53. The molecule has 2 aromatic carbocycles. The van der Waals surface area contributed by atoms with E-state index in [0.717, 1.165) is 22.4 Å². The molecule has 0 aliphatic rings. The molecule has 2 rings (SSSR count). The Morgan fingerprint density at radius 3 is 2.35 bits per heavy atom. The third-order valence-corrected chi connectivity index (χ3v) is 3.02. The Morgan fingerprint density at radius 1 is 1.10 bits per heavy atom. The summed E-state index contributed by atoms with van der Waals surface area (Å²) in [4.78, 5) is 0. The van der Waals surface area contributed by atoms with E-state index in [1.165, 1.54) is 0 Å². The van der Waals surface area contributed by atoms with E-state index in [2.05, 4.69) is 18.2 Å². The van der Waals surface area contributed by atoms with Gasteiger partial charge < -0.3 is 4.74 Å². The monoisotopic (exact) mass is 263 g/mol. The Kier molecular flexibility index (Phi) is 4.57. The van der Waals surface area contributed by atoms with Gasteiger partial charge in [0.1, 0.15) is 12.4 Å². The van der Waals surface area contributed by atoms with Crippen LogP contribution in [-0.4, -0.2) is 6.61 Å². The summed E-state index contributed by atoms with van der Waals surface area (Å²) >= 11 is 0. The number of ether oxygens (including phenoxy) is 1. The number of hydrogen-bond acceptors (Lipinski definition) is 2. The molecule has 100 valence electrons. The van der Waals surface area contributed by atoms with E-state index < -0.39 is 0 Å². The van der Waals surface area contributed by atoms with E-state index in [1.807, 2.05) is 56.3 Å². The molecule has 0 N–H and O–H groups in total. The maximum absolute atomic E-state index is 8.92. The molecule has 0 bridgehead atoms. The zero-order valence-electron chi connectivity index (χ0n) is 11.8. The van der Waals surface area contributed by atoms with Crippen molar-refractivity contribution in [2.24, 2.45) is 0 Å². The maximum atomic E-state index is 8.92. The Morgan fingerprint density at radius 2 is 1.75 bits per heavy atom. The fraction of sp³-hybridized carbons (Fsp3) is 0.167. The molecule has 0 spiro atoms. The van der Waals surface area contributed by atoms with E-state index >= 15 is 0 Å². The van der Waals surface area contributed by atoms with Crippen molar-refractivity contribution in [1.29, 1.82) is 5.26 Å². The van der Waals surface area contributed by atoms with Crippen molar-refractivity contribution >= 4 is 6.08 Å². The number of nitriles is 1. The van der Waals surface area contributed by atoms with Crippen molar-refractivity contribution in [3.63, 3.8) is 0 Å². The highest BCUT2D eigenvalue weighted by Crippen LogP contribution is 2.24. The molecular formula is C18H17NO. The molecule has 0 saturated heterocycles. The van der Waals surface area contributed by atoms with Gasteiger partial charge in [0.15, 0.2) is 0 Å². The number of hydrogen-bond donors (Lipinski definition) is 0. The molecule has 2 nitrogen and oxygen atoms in total. The summed E-state index contributed by atoms with van der Waals surface area (Å²) in [6.45, 7) is 4.44. The molecule has 0 unspecified atom stereocenters. The minimum absolute atomic E-state index is 0.516. The number of aryl methyl sites for hydroxylation is 2. The maximum Gasteiger partial charge on any atom is 0.125 e. The van der Waals surface area contributed by atoms with Crippen LogP contribution in [0.4, 0.5) is 0 Å². The summed E-state index contributed by atoms with van der Waals surface area (Å²) in [5.74, 6) is 0.863. The van der Waals surface area contributed by atoms with Gasteiger partial charge in [-0.2, -0.15) is 5.26 Å². The molecule has 0 aliphatic heterocycles. The van der Waals surface area contributed by atoms with Crippen LogP contribution in [0.25, 0.3) is 6.08 Å². The van der Waals surface area contributed by atoms with Crippen LogP contribution in [0.1, 0.15) is 22.3 Å². The van der Waals surface area contributed by atoms with Gasteiger partial charge in [0, 0.05) is 0 Å². The van der Waals surface area contributed by atoms with Gasteiger partial charge in [-0.1, -0.05) is 36.4 Å². The summed E-state index contributed by atoms with van der Waals surface area (Å²) in [5.41, 5.74) is 3.82. The first-order valence-corrected chi connectivity index (χ1v) is 6.56. The van der Waals surface area contributed by atoms with Crippen molar-refractivity contribution in [3.05, 3.63) is 70.8 Å². The average molecular weight is 263 g/mol. The minimum Gasteiger partial charge on any atom is -0.489 e. The van der Waals surface area contributed by atoms with Crippen LogP contribution in [0.3, 0.4) is 0 Å². The van der Waals surface area contributed by atoms with E-state index in [4.69, 9.17) is 10.00 Å². The van der Waals surface area contributed by atoms with E-state index in [-0.39, 0.29) is 0 Å². The van der Waals surface area contributed by atoms with Crippen molar-refractivity contribution in [2.45, 2.75) is 13.8 Å². The van der Waals surface area contributed by atoms with Gasteiger partial charge in [-0.15, -0.1) is 0 Å². The number of benzene rings is 2. The summed E-state index contributed by atoms with van der Waals surface area (Å²) in [6, 6.07) is 16.0. The third-order valence-electron chi connectivity index (χ3n) is 3.02. The first-order chi connectivity index (χ1) is 9.70. The fourth-order valence-electron chi connectivity index (χ4n) is 2.12. The lowest BCUT2D eigenvalue weighted by atomic mass is 10.1. The van der Waals surface area contributed by atoms with Gasteiger partial charge in [0.25, 0.3) is 0 Å². The molecule has 0 heterocycles. The predicted octanol–water partition coefficient (Wildman–Crippen LogP) is 4.27. The molecule has 0 amide bonds. The third kappa shape index (κ3) is 3.49. The van der Waals surface area contributed by atoms with Crippen LogP contribution >= 0.6 is 0 Å². The van der Waals surface area contributed by atoms with Gasteiger partial charge in [-0.3, -0.25) is 0 Å². The number of nitrogens with zero attached hydrogens (tertiary/aromatic N) is 1. The van der Waals surface area contributed by atoms with Crippen LogP contribution in [0.2, 0.25) is 0 Å². The summed E-state index contributed by atoms with van der Waals surface area (Å²) in [5, 5.41) is 8.92. The molecule has 2 heteroatoms. The van der Waals surface area contributed by atoms with Gasteiger partial charge >= 0.3 is 0 Å². The first-order valence-electron chi connectivity index (χ1n) is 6.56. The molecule has 0 aromatic heterocycles. The van der Waals surface area contributed by atoms with Crippen LogP contribution in [0.15, 0.2) is 48.5 Å². The SMILES string of the molecule is Cc1cc(C#N)cc(C)c1OCC=Cc1ccccc1. The molecule has 20 heavy (non-hydrogen) atoms. The largest absolute Gasteiger partial charge is 0.489 e. The van der Waals surface area contributed by atoms with Crippen molar-refractivity contribution < 1.29 is 4.74 Å². The highest BCUT2D eigenvalue weighted by molar-refractivity contribution is 5.49. The van der Waals surface area contributed by atoms with Crippen LogP contribution < -0.4 is 4.74 Å². The van der Waals surface area contributed by atoms with Crippen LogP contribution in [-0.2, 0) is 0 Å². The molecule has 0 fully saturated rings. The second kappa shape index (κ2) is 6.58. The fourth-order valence-corrected chi connectivity index (χ4v) is 2.12. The smallest absolute Gasteiger partial charge is 0.125 e. The summed E-state index contributed by atoms with van der Waals surface area (Å²) < 4.78 is 5.79.